The van der Waals surface area contributed by atoms with Crippen LogP contribution in [-0.2, 0) is 5.72 Å². The van der Waals surface area contributed by atoms with Gasteiger partial charge in [-0.05, 0) is 54.9 Å². The molecule has 124 valence electrons. The van der Waals surface area contributed by atoms with Gasteiger partial charge in [-0.25, -0.2) is 9.48 Å². The Labute approximate surface area is 151 Å². The summed E-state index contributed by atoms with van der Waals surface area (Å²) in [6, 6.07) is 16.0. The van der Waals surface area contributed by atoms with Crippen molar-refractivity contribution in [2.45, 2.75) is 19.1 Å². The van der Waals surface area contributed by atoms with Crippen molar-refractivity contribution in [3.63, 3.8) is 0 Å². The highest BCUT2D eigenvalue weighted by Gasteiger charge is 2.53. The molecule has 4 rings (SSSR count). The molecule has 24 heavy (non-hydrogen) atoms. The van der Waals surface area contributed by atoms with Crippen molar-refractivity contribution in [1.29, 1.82) is 0 Å². The minimum Gasteiger partial charge on any atom is -0.346 e. The smallest absolute Gasteiger partial charge is 0.316 e. The summed E-state index contributed by atoms with van der Waals surface area (Å²) in [4.78, 5) is 2.24. The maximum Gasteiger partial charge on any atom is 0.316 e. The molecular formula is C19H20ClN2OS+. The molecule has 0 fully saturated rings. The van der Waals surface area contributed by atoms with Gasteiger partial charge in [0.25, 0.3) is 5.72 Å². The summed E-state index contributed by atoms with van der Waals surface area (Å²) in [7, 11) is 0. The Hall–Kier alpha value is -1.49. The van der Waals surface area contributed by atoms with E-state index in [1.54, 1.807) is 0 Å². The molecule has 0 bridgehead atoms. The minimum atomic E-state index is -1.02. The van der Waals surface area contributed by atoms with E-state index in [1.165, 1.54) is 5.56 Å². The van der Waals surface area contributed by atoms with Gasteiger partial charge in [0.2, 0.25) is 0 Å². The fourth-order valence-corrected chi connectivity index (χ4v) is 4.77. The van der Waals surface area contributed by atoms with Crippen molar-refractivity contribution in [3.8, 4) is 0 Å². The summed E-state index contributed by atoms with van der Waals surface area (Å²) in [5.41, 5.74) is 2.23. The molecule has 0 saturated heterocycles. The number of aliphatic hydroxyl groups is 1. The maximum absolute atomic E-state index is 11.6. The van der Waals surface area contributed by atoms with Crippen LogP contribution >= 0.6 is 23.4 Å². The highest BCUT2D eigenvalue weighted by Crippen LogP contribution is 2.37. The predicted octanol–water partition coefficient (Wildman–Crippen LogP) is 3.82. The molecule has 0 spiro atoms. The number of nitrogens with zero attached hydrogens (tertiary/aromatic N) is 2. The maximum atomic E-state index is 11.6. The SMILES string of the molecule is Cc1cccc(N2C[C@](O)(c3ccc(Cl)cc3)[N+]3=C2SCCC3)c1. The highest BCUT2D eigenvalue weighted by atomic mass is 35.5. The van der Waals surface area contributed by atoms with Crippen LogP contribution in [0.3, 0.4) is 0 Å². The van der Waals surface area contributed by atoms with Crippen LogP contribution in [0.4, 0.5) is 5.69 Å². The van der Waals surface area contributed by atoms with Crippen LogP contribution in [-0.4, -0.2) is 33.7 Å². The Balaban J connectivity index is 1.80. The van der Waals surface area contributed by atoms with E-state index in [4.69, 9.17) is 11.6 Å². The number of hydrogen-bond acceptors (Lipinski definition) is 3. The third-order valence-electron chi connectivity index (χ3n) is 4.66. The van der Waals surface area contributed by atoms with Crippen LogP contribution in [0.15, 0.2) is 48.5 Å². The molecule has 2 heterocycles. The molecule has 0 unspecified atom stereocenters. The van der Waals surface area contributed by atoms with Crippen molar-refractivity contribution < 1.29 is 9.68 Å². The molecular weight excluding hydrogens is 340 g/mol. The van der Waals surface area contributed by atoms with E-state index in [2.05, 4.69) is 40.7 Å². The van der Waals surface area contributed by atoms with Crippen LogP contribution in [0.2, 0.25) is 5.02 Å². The standard InChI is InChI=1S/C19H20ClN2OS/c1-14-4-2-5-17(12-14)21-13-19(23,15-6-8-16(20)9-7-15)22-10-3-11-24-18(21)22/h2,4-9,12,23H,3,10-11,13H2,1H3/q+1/t19-/m0/s1. The van der Waals surface area contributed by atoms with Gasteiger partial charge < -0.3 is 5.11 Å². The lowest BCUT2D eigenvalue weighted by atomic mass is 10.0. The topological polar surface area (TPSA) is 26.5 Å². The summed E-state index contributed by atoms with van der Waals surface area (Å²) in [6.07, 6.45) is 1.08. The summed E-state index contributed by atoms with van der Waals surface area (Å²) in [5, 5.41) is 13.4. The number of halogens is 1. The van der Waals surface area contributed by atoms with E-state index in [0.29, 0.717) is 11.6 Å². The Bertz CT molecular complexity index is 805. The zero-order valence-corrected chi connectivity index (χ0v) is 15.1. The second-order valence-corrected chi connectivity index (χ2v) is 7.88. The largest absolute Gasteiger partial charge is 0.346 e. The quantitative estimate of drug-likeness (QED) is 0.826. The van der Waals surface area contributed by atoms with Crippen LogP contribution < -0.4 is 4.90 Å². The molecule has 2 aromatic carbocycles. The third-order valence-corrected chi connectivity index (χ3v) is 6.11. The van der Waals surface area contributed by atoms with Crippen LogP contribution in [0, 0.1) is 6.92 Å². The first-order valence-corrected chi connectivity index (χ1v) is 9.54. The van der Waals surface area contributed by atoms with Gasteiger partial charge in [0, 0.05) is 16.3 Å². The number of rotatable bonds is 2. The van der Waals surface area contributed by atoms with E-state index in [0.717, 1.165) is 35.1 Å². The summed E-state index contributed by atoms with van der Waals surface area (Å²) in [6.45, 7) is 3.49. The second kappa shape index (κ2) is 6.10. The number of anilines is 1. The highest BCUT2D eigenvalue weighted by molar-refractivity contribution is 8.13. The van der Waals surface area contributed by atoms with Gasteiger partial charge >= 0.3 is 5.17 Å². The third kappa shape index (κ3) is 2.63. The molecule has 0 radical (unpaired) electrons. The van der Waals surface area contributed by atoms with Gasteiger partial charge in [0.1, 0.15) is 5.69 Å². The average molecular weight is 360 g/mol. The normalized spacial score (nSPS) is 23.5. The summed E-state index contributed by atoms with van der Waals surface area (Å²) < 4.78 is 2.15. The predicted molar refractivity (Wildman–Crippen MR) is 101 cm³/mol. The Morgan fingerprint density at radius 2 is 2.00 bits per heavy atom. The van der Waals surface area contributed by atoms with Crippen molar-refractivity contribution in [3.05, 3.63) is 64.7 Å². The molecule has 2 aliphatic rings. The molecule has 0 aliphatic carbocycles. The Morgan fingerprint density at radius 3 is 2.75 bits per heavy atom. The van der Waals surface area contributed by atoms with Crippen molar-refractivity contribution >= 4 is 34.2 Å². The van der Waals surface area contributed by atoms with Crippen molar-refractivity contribution in [2.24, 2.45) is 0 Å². The molecule has 3 nitrogen and oxygen atoms in total. The number of aryl methyl sites for hydroxylation is 1. The molecule has 1 N–H and O–H groups in total. The average Bonchev–Trinajstić information content (AvgIpc) is 2.90. The van der Waals surface area contributed by atoms with Crippen molar-refractivity contribution in [2.75, 3.05) is 23.7 Å². The minimum absolute atomic E-state index is 0.528. The molecule has 0 aromatic heterocycles. The van der Waals surface area contributed by atoms with E-state index < -0.39 is 5.72 Å². The fourth-order valence-electron chi connectivity index (χ4n) is 3.46. The lowest BCUT2D eigenvalue weighted by Gasteiger charge is -2.24. The van der Waals surface area contributed by atoms with E-state index in [-0.39, 0.29) is 0 Å². The lowest BCUT2D eigenvalue weighted by Crippen LogP contribution is -2.41. The summed E-state index contributed by atoms with van der Waals surface area (Å²) >= 11 is 7.85. The monoisotopic (exact) mass is 359 g/mol. The molecule has 5 heteroatoms. The van der Waals surface area contributed by atoms with Gasteiger partial charge in [0.05, 0.1) is 6.54 Å². The van der Waals surface area contributed by atoms with Crippen molar-refractivity contribution in [1.82, 2.24) is 0 Å². The first-order chi connectivity index (χ1) is 11.6. The molecule has 2 aromatic rings. The zero-order valence-electron chi connectivity index (χ0n) is 13.6. The van der Waals surface area contributed by atoms with E-state index in [9.17, 15) is 5.11 Å². The van der Waals surface area contributed by atoms with Gasteiger partial charge in [-0.3, -0.25) is 0 Å². The number of amidine groups is 1. The number of thioether (sulfide) groups is 1. The van der Waals surface area contributed by atoms with Crippen LogP contribution in [0.5, 0.6) is 0 Å². The first kappa shape index (κ1) is 16.0. The molecule has 0 amide bonds. The van der Waals surface area contributed by atoms with Gasteiger partial charge in [-0.1, -0.05) is 35.9 Å². The Kier molecular flexibility index (Phi) is 4.07. The van der Waals surface area contributed by atoms with Crippen LogP contribution in [0.25, 0.3) is 0 Å². The lowest BCUT2D eigenvalue weighted by molar-refractivity contribution is -0.656. The van der Waals surface area contributed by atoms with E-state index in [1.807, 2.05) is 36.0 Å². The number of benzene rings is 2. The Morgan fingerprint density at radius 1 is 1.21 bits per heavy atom. The van der Waals surface area contributed by atoms with E-state index >= 15 is 0 Å². The van der Waals surface area contributed by atoms with Gasteiger partial charge in [0.15, 0.2) is 6.54 Å². The number of hydrogen-bond donors (Lipinski definition) is 1. The number of β-amino-alcohol motifs (C(OH)–C–C–N with tert-alkyl or cyclic N) is 1. The molecule has 0 saturated carbocycles. The van der Waals surface area contributed by atoms with Gasteiger partial charge in [-0.15, -0.1) is 0 Å². The first-order valence-electron chi connectivity index (χ1n) is 8.18. The van der Waals surface area contributed by atoms with Crippen LogP contribution in [0.1, 0.15) is 17.5 Å². The summed E-state index contributed by atoms with van der Waals surface area (Å²) in [5.74, 6) is 1.09. The molecule has 2 aliphatic heterocycles. The molecule has 1 atom stereocenters. The fraction of sp³-hybridized carbons (Fsp3) is 0.316. The second-order valence-electron chi connectivity index (χ2n) is 6.38. The van der Waals surface area contributed by atoms with Gasteiger partial charge in [-0.2, -0.15) is 0 Å². The zero-order chi connectivity index (χ0) is 16.7.